The number of carbonyl (C=O) groups excluding carboxylic acids is 2. The van der Waals surface area contributed by atoms with E-state index in [-0.39, 0.29) is 91.1 Å². The minimum atomic E-state index is -4.55. The van der Waals surface area contributed by atoms with Gasteiger partial charge in [-0.2, -0.15) is 4.98 Å². The minimum absolute atomic E-state index is 0. The average Bonchev–Trinajstić information content (AvgIpc) is 3.45. The van der Waals surface area contributed by atoms with E-state index in [2.05, 4.69) is 32.8 Å². The third kappa shape index (κ3) is 12.0. The van der Waals surface area contributed by atoms with E-state index in [4.69, 9.17) is 0 Å². The molecule has 3 aliphatic rings. The van der Waals surface area contributed by atoms with Crippen molar-refractivity contribution < 1.29 is 94.6 Å². The van der Waals surface area contributed by atoms with Gasteiger partial charge in [-0.1, -0.05) is 12.1 Å². The van der Waals surface area contributed by atoms with E-state index >= 15 is 0 Å². The second-order valence-corrected chi connectivity index (χ2v) is 16.3. The van der Waals surface area contributed by atoms with Gasteiger partial charge in [-0.05, 0) is 75.3 Å². The predicted molar refractivity (Wildman–Crippen MR) is 177 cm³/mol. The maximum absolute atomic E-state index is 12.9. The maximum Gasteiger partial charge on any atom is 1.00 e. The monoisotopic (exact) mass is 768 g/mol. The number of rotatable bonds is 13. The number of nitrogens with one attached hydrogen (secondary N) is 3. The predicted octanol–water partition coefficient (Wildman–Crippen LogP) is -7.01. The van der Waals surface area contributed by atoms with E-state index < -0.39 is 55.2 Å². The molecule has 3 unspecified atom stereocenters. The van der Waals surface area contributed by atoms with E-state index in [9.17, 15) is 40.3 Å². The maximum atomic E-state index is 12.9. The summed E-state index contributed by atoms with van der Waals surface area (Å²) in [6.45, 7) is 8.36. The number of fused-ring (bicyclic) bond motifs is 1. The number of aromatic nitrogens is 2. The summed E-state index contributed by atoms with van der Waals surface area (Å²) in [7, 11) is -8.81. The molecule has 3 heterocycles. The summed E-state index contributed by atoms with van der Waals surface area (Å²) in [5.74, 6) is -0.279. The molecular formula is C30H42N8Na2O9S2. The zero-order chi connectivity index (χ0) is 35.7. The number of piperidine rings is 1. The van der Waals surface area contributed by atoms with Crippen LogP contribution < -0.4 is 80.8 Å². The minimum Gasteiger partial charge on any atom is -0.747 e. The van der Waals surface area contributed by atoms with E-state index in [0.29, 0.717) is 36.0 Å². The van der Waals surface area contributed by atoms with E-state index in [1.165, 1.54) is 40.5 Å². The summed E-state index contributed by atoms with van der Waals surface area (Å²) >= 11 is 0. The molecule has 270 valence electrons. The van der Waals surface area contributed by atoms with Crippen LogP contribution in [0, 0.1) is 17.8 Å². The molecule has 1 aromatic heterocycles. The third-order valence-corrected chi connectivity index (χ3v) is 10.6. The summed E-state index contributed by atoms with van der Waals surface area (Å²) in [6, 6.07) is 8.95. The largest absolute Gasteiger partial charge is 1.00 e. The van der Waals surface area contributed by atoms with Crippen molar-refractivity contribution in [1.29, 1.82) is 0 Å². The van der Waals surface area contributed by atoms with Crippen molar-refractivity contribution in [3.05, 3.63) is 52.6 Å². The zero-order valence-corrected chi connectivity index (χ0v) is 35.2. The van der Waals surface area contributed by atoms with Gasteiger partial charge in [0.15, 0.2) is 0 Å². The molecule has 0 bridgehead atoms. The Bertz CT molecular complexity index is 1810. The van der Waals surface area contributed by atoms with Gasteiger partial charge in [0, 0.05) is 51.5 Å². The van der Waals surface area contributed by atoms with Crippen LogP contribution in [0.5, 0.6) is 0 Å². The molecule has 0 radical (unpaired) electrons. The van der Waals surface area contributed by atoms with Gasteiger partial charge >= 0.3 is 70.8 Å². The van der Waals surface area contributed by atoms with Gasteiger partial charge in [0.25, 0.3) is 0 Å². The summed E-state index contributed by atoms with van der Waals surface area (Å²) in [5, 5.41) is 7.86. The number of hydrogen-bond acceptors (Lipinski definition) is 13. The van der Waals surface area contributed by atoms with Crippen molar-refractivity contribution in [2.24, 2.45) is 17.8 Å². The number of likely N-dealkylation sites (tertiary alicyclic amines) is 1. The molecule has 17 nitrogen and oxygen atoms in total. The van der Waals surface area contributed by atoms with Gasteiger partial charge < -0.3 is 24.2 Å². The molecule has 3 atom stereocenters. The van der Waals surface area contributed by atoms with Crippen LogP contribution in [0.15, 0.2) is 41.3 Å². The Morgan fingerprint density at radius 2 is 1.49 bits per heavy atom. The Morgan fingerprint density at radius 3 is 2.04 bits per heavy atom. The molecule has 5 rings (SSSR count). The molecule has 3 amide bonds. The van der Waals surface area contributed by atoms with Crippen LogP contribution in [0.3, 0.4) is 0 Å². The van der Waals surface area contributed by atoms with Crippen molar-refractivity contribution in [2.75, 3.05) is 62.9 Å². The van der Waals surface area contributed by atoms with E-state index in [1.807, 2.05) is 24.3 Å². The van der Waals surface area contributed by atoms with Crippen molar-refractivity contribution in [3.63, 3.8) is 0 Å². The van der Waals surface area contributed by atoms with Crippen LogP contribution in [0.25, 0.3) is 5.69 Å². The van der Waals surface area contributed by atoms with Crippen LogP contribution in [-0.2, 0) is 31.5 Å². The first-order valence-electron chi connectivity index (χ1n) is 16.0. The fourth-order valence-corrected chi connectivity index (χ4v) is 7.57. The number of piperazine rings is 1. The zero-order valence-electron chi connectivity index (χ0n) is 29.6. The Hall–Kier alpha value is -1.46. The average molecular weight is 769 g/mol. The van der Waals surface area contributed by atoms with Crippen LogP contribution >= 0.6 is 0 Å². The fraction of sp³-hybridized carbons (Fsp3) is 0.600. The van der Waals surface area contributed by atoms with E-state index in [0.717, 1.165) is 25.1 Å². The summed E-state index contributed by atoms with van der Waals surface area (Å²) in [4.78, 5) is 48.0. The Kier molecular flexibility index (Phi) is 15.3. The molecule has 1 aliphatic carbocycles. The Morgan fingerprint density at radius 1 is 0.922 bits per heavy atom. The summed E-state index contributed by atoms with van der Waals surface area (Å²) in [5.41, 5.74) is -0.129. The molecule has 2 saturated heterocycles. The molecule has 3 N–H and O–H groups in total. The first kappa shape index (κ1) is 43.9. The molecule has 21 heteroatoms. The Labute approximate surface area is 342 Å². The van der Waals surface area contributed by atoms with Crippen molar-refractivity contribution >= 4 is 38.0 Å². The van der Waals surface area contributed by atoms with Crippen molar-refractivity contribution in [3.8, 4) is 5.69 Å². The Balaban J connectivity index is 0.00000351. The quantitative estimate of drug-likeness (QED) is 0.127. The first-order chi connectivity index (χ1) is 22.9. The van der Waals surface area contributed by atoms with Gasteiger partial charge in [-0.15, -0.1) is 0 Å². The fourth-order valence-electron chi connectivity index (χ4n) is 6.67. The third-order valence-electron chi connectivity index (χ3n) is 9.55. The normalized spacial score (nSPS) is 21.2. The number of nitrogens with zero attached hydrogens (tertiary/aromatic N) is 5. The molecule has 1 aromatic carbocycles. The van der Waals surface area contributed by atoms with Crippen LogP contribution in [0.4, 0.5) is 10.6 Å². The topological polar surface area (TPSA) is 229 Å². The van der Waals surface area contributed by atoms with Crippen LogP contribution in [-0.4, -0.2) is 131 Å². The number of urea groups is 1. The SMILES string of the molecule is CC(Cc1ccc(-n2ccc(NC(=O)N3CCN(C(=O)C(C)(C)NCS(=O)(=O)[O-])CC3)nc2=O)cc1)N1CC2C(CNCS(=O)(=O)[O-])C2C1.[Na+].[Na+]. The van der Waals surface area contributed by atoms with Gasteiger partial charge in [0.1, 0.15) is 26.1 Å². The summed E-state index contributed by atoms with van der Waals surface area (Å²) in [6.07, 6.45) is 2.35. The number of benzene rings is 1. The number of amides is 3. The van der Waals surface area contributed by atoms with Crippen molar-refractivity contribution in [2.45, 2.75) is 38.8 Å². The number of carbonyl (C=O) groups is 2. The molecule has 51 heavy (non-hydrogen) atoms. The van der Waals surface area contributed by atoms with Gasteiger partial charge in [-0.25, -0.2) is 26.4 Å². The number of anilines is 1. The second-order valence-electron chi connectivity index (χ2n) is 13.5. The summed E-state index contributed by atoms with van der Waals surface area (Å²) < 4.78 is 66.6. The molecular weight excluding hydrogens is 726 g/mol. The molecule has 2 aliphatic heterocycles. The van der Waals surface area contributed by atoms with Crippen molar-refractivity contribution in [1.82, 2.24) is 34.9 Å². The van der Waals surface area contributed by atoms with Gasteiger partial charge in [0.05, 0.1) is 23.0 Å². The standard InChI is InChI=1S/C30H44N8O9S2.2Na/c1-20(37-16-24-23(25(24)17-37)15-31-18-48(42,43)44)14-21-4-6-22(7-5-21)38-9-8-26(34-29(38)41)33-28(40)36-12-10-35(11-13-36)27(39)30(2,3)32-19-49(45,46)47;;/h4-9,20,23-25,31-32H,10-19H2,1-3H3,(H,42,43,44)(H,45,46,47)(H,33,34,40,41);;/q;2*+1/p-2. The van der Waals surface area contributed by atoms with E-state index in [1.54, 1.807) is 0 Å². The molecule has 1 saturated carbocycles. The first-order valence-corrected chi connectivity index (χ1v) is 19.2. The van der Waals surface area contributed by atoms with Gasteiger partial charge in [-0.3, -0.25) is 24.9 Å². The molecule has 3 fully saturated rings. The van der Waals surface area contributed by atoms with Crippen LogP contribution in [0.2, 0.25) is 0 Å². The second kappa shape index (κ2) is 17.8. The number of hydrogen-bond donors (Lipinski definition) is 3. The van der Waals surface area contributed by atoms with Gasteiger partial charge in [0.2, 0.25) is 5.91 Å². The van der Waals surface area contributed by atoms with Crippen LogP contribution in [0.1, 0.15) is 26.3 Å². The smallest absolute Gasteiger partial charge is 0.747 e. The molecule has 0 spiro atoms. The molecule has 2 aromatic rings.